The Morgan fingerprint density at radius 2 is 1.93 bits per heavy atom. The lowest BCUT2D eigenvalue weighted by atomic mass is 10.0. The highest BCUT2D eigenvalue weighted by Crippen LogP contribution is 2.22. The van der Waals surface area contributed by atoms with Crippen LogP contribution in [-0.2, 0) is 6.42 Å². The summed E-state index contributed by atoms with van der Waals surface area (Å²) in [4.78, 5) is 4.09. The molecule has 72 valence electrons. The first-order chi connectivity index (χ1) is 7.42. The number of aromatic nitrogens is 1. The van der Waals surface area contributed by atoms with Crippen LogP contribution in [0.1, 0.15) is 5.56 Å². The first kappa shape index (κ1) is 9.42. The zero-order valence-electron chi connectivity index (χ0n) is 8.22. The van der Waals surface area contributed by atoms with E-state index in [0.29, 0.717) is 6.42 Å². The van der Waals surface area contributed by atoms with E-state index in [1.807, 2.05) is 42.6 Å². The summed E-state index contributed by atoms with van der Waals surface area (Å²) < 4.78 is 0. The minimum atomic E-state index is 0.423. The number of hydrogen-bond donors (Lipinski definition) is 0. The average Bonchev–Trinajstić information content (AvgIpc) is 2.31. The van der Waals surface area contributed by atoms with Crippen LogP contribution < -0.4 is 0 Å². The number of benzene rings is 1. The van der Waals surface area contributed by atoms with Gasteiger partial charge in [0.05, 0.1) is 12.5 Å². The topological polar surface area (TPSA) is 36.7 Å². The third kappa shape index (κ3) is 2.03. The van der Waals surface area contributed by atoms with Gasteiger partial charge in [0.2, 0.25) is 0 Å². The van der Waals surface area contributed by atoms with E-state index in [-0.39, 0.29) is 0 Å². The largest absolute Gasteiger partial charge is 0.264 e. The molecular formula is C13H10N2. The van der Waals surface area contributed by atoms with E-state index >= 15 is 0 Å². The normalized spacial score (nSPS) is 9.53. The van der Waals surface area contributed by atoms with Crippen LogP contribution in [-0.4, -0.2) is 4.98 Å². The lowest BCUT2D eigenvalue weighted by molar-refractivity contribution is 1.21. The van der Waals surface area contributed by atoms with Gasteiger partial charge in [0.1, 0.15) is 0 Å². The summed E-state index contributed by atoms with van der Waals surface area (Å²) in [7, 11) is 0. The second kappa shape index (κ2) is 4.39. The Labute approximate surface area is 88.8 Å². The molecule has 1 aromatic heterocycles. The summed E-state index contributed by atoms with van der Waals surface area (Å²) in [5.41, 5.74) is 3.18. The lowest BCUT2D eigenvalue weighted by Gasteiger charge is -2.05. The van der Waals surface area contributed by atoms with Crippen molar-refractivity contribution in [3.05, 3.63) is 54.4 Å². The molecule has 0 amide bonds. The summed E-state index contributed by atoms with van der Waals surface area (Å²) in [5.74, 6) is 0. The van der Waals surface area contributed by atoms with Gasteiger partial charge in [-0.25, -0.2) is 0 Å². The molecule has 15 heavy (non-hydrogen) atoms. The van der Waals surface area contributed by atoms with Gasteiger partial charge < -0.3 is 0 Å². The van der Waals surface area contributed by atoms with Gasteiger partial charge in [-0.2, -0.15) is 5.26 Å². The van der Waals surface area contributed by atoms with Crippen LogP contribution in [0.4, 0.5) is 0 Å². The quantitative estimate of drug-likeness (QED) is 0.737. The lowest BCUT2D eigenvalue weighted by Crippen LogP contribution is -1.89. The molecule has 1 aromatic carbocycles. The third-order valence-electron chi connectivity index (χ3n) is 2.27. The molecule has 2 rings (SSSR count). The fourth-order valence-electron chi connectivity index (χ4n) is 1.54. The summed E-state index contributed by atoms with van der Waals surface area (Å²) in [5, 5.41) is 8.72. The van der Waals surface area contributed by atoms with Crippen LogP contribution in [0, 0.1) is 11.3 Å². The molecule has 1 heterocycles. The maximum atomic E-state index is 8.72. The van der Waals surface area contributed by atoms with E-state index in [4.69, 9.17) is 5.26 Å². The Kier molecular flexibility index (Phi) is 2.75. The maximum absolute atomic E-state index is 8.72. The van der Waals surface area contributed by atoms with Crippen molar-refractivity contribution in [1.29, 1.82) is 5.26 Å². The molecule has 0 fully saturated rings. The second-order valence-corrected chi connectivity index (χ2v) is 3.23. The minimum Gasteiger partial charge on any atom is -0.264 e. The fourth-order valence-corrected chi connectivity index (χ4v) is 1.54. The van der Waals surface area contributed by atoms with Crippen LogP contribution >= 0.6 is 0 Å². The molecule has 0 spiro atoms. The highest BCUT2D eigenvalue weighted by molar-refractivity contribution is 5.66. The predicted octanol–water partition coefficient (Wildman–Crippen LogP) is 2.81. The molecule has 0 N–H and O–H groups in total. The van der Waals surface area contributed by atoms with Crippen LogP contribution in [0.25, 0.3) is 11.1 Å². The molecule has 0 unspecified atom stereocenters. The number of nitriles is 1. The Balaban J connectivity index is 2.49. The first-order valence-corrected chi connectivity index (χ1v) is 4.77. The van der Waals surface area contributed by atoms with Gasteiger partial charge in [-0.3, -0.25) is 4.98 Å². The van der Waals surface area contributed by atoms with Crippen LogP contribution in [0.2, 0.25) is 0 Å². The molecule has 0 saturated carbocycles. The van der Waals surface area contributed by atoms with Crippen molar-refractivity contribution in [2.45, 2.75) is 6.42 Å². The van der Waals surface area contributed by atoms with Crippen LogP contribution in [0.15, 0.2) is 48.8 Å². The van der Waals surface area contributed by atoms with Crippen LogP contribution in [0.5, 0.6) is 0 Å². The highest BCUT2D eigenvalue weighted by atomic mass is 14.6. The van der Waals surface area contributed by atoms with Crippen molar-refractivity contribution >= 4 is 0 Å². The monoisotopic (exact) mass is 194 g/mol. The van der Waals surface area contributed by atoms with Crippen molar-refractivity contribution in [2.75, 3.05) is 0 Å². The first-order valence-electron chi connectivity index (χ1n) is 4.77. The van der Waals surface area contributed by atoms with Crippen molar-refractivity contribution in [3.8, 4) is 17.2 Å². The highest BCUT2D eigenvalue weighted by Gasteiger charge is 2.03. The molecule has 0 aliphatic rings. The predicted molar refractivity (Wildman–Crippen MR) is 59.0 cm³/mol. The Bertz CT molecular complexity index is 483. The molecule has 0 aliphatic carbocycles. The zero-order chi connectivity index (χ0) is 10.5. The molecule has 0 saturated heterocycles. The summed E-state index contributed by atoms with van der Waals surface area (Å²) in [6.07, 6.45) is 3.95. The van der Waals surface area contributed by atoms with Gasteiger partial charge in [-0.15, -0.1) is 0 Å². The van der Waals surface area contributed by atoms with Gasteiger partial charge in [0.15, 0.2) is 0 Å². The van der Waals surface area contributed by atoms with E-state index in [0.717, 1.165) is 16.7 Å². The summed E-state index contributed by atoms with van der Waals surface area (Å²) in [6, 6.07) is 14.1. The van der Waals surface area contributed by atoms with Gasteiger partial charge in [-0.1, -0.05) is 30.3 Å². The molecule has 0 aliphatic heterocycles. The van der Waals surface area contributed by atoms with E-state index < -0.39 is 0 Å². The molecule has 0 bridgehead atoms. The molecule has 2 heteroatoms. The van der Waals surface area contributed by atoms with Gasteiger partial charge in [0, 0.05) is 18.0 Å². The summed E-state index contributed by atoms with van der Waals surface area (Å²) >= 11 is 0. The van der Waals surface area contributed by atoms with E-state index in [2.05, 4.69) is 11.1 Å². The average molecular weight is 194 g/mol. The van der Waals surface area contributed by atoms with Gasteiger partial charge >= 0.3 is 0 Å². The van der Waals surface area contributed by atoms with Crippen molar-refractivity contribution in [3.63, 3.8) is 0 Å². The molecule has 0 radical (unpaired) electrons. The molecule has 2 aromatic rings. The van der Waals surface area contributed by atoms with E-state index in [1.54, 1.807) is 6.20 Å². The van der Waals surface area contributed by atoms with Crippen molar-refractivity contribution in [1.82, 2.24) is 4.98 Å². The minimum absolute atomic E-state index is 0.423. The third-order valence-corrected chi connectivity index (χ3v) is 2.27. The second-order valence-electron chi connectivity index (χ2n) is 3.23. The number of nitrogens with zero attached hydrogens (tertiary/aromatic N) is 2. The smallest absolute Gasteiger partial charge is 0.0669 e. The Morgan fingerprint density at radius 1 is 1.13 bits per heavy atom. The van der Waals surface area contributed by atoms with Crippen molar-refractivity contribution < 1.29 is 0 Å². The number of rotatable bonds is 2. The van der Waals surface area contributed by atoms with E-state index in [9.17, 15) is 0 Å². The Hall–Kier alpha value is -2.14. The van der Waals surface area contributed by atoms with Crippen molar-refractivity contribution in [2.24, 2.45) is 0 Å². The molecule has 0 atom stereocenters. The number of hydrogen-bond acceptors (Lipinski definition) is 2. The molecular weight excluding hydrogens is 184 g/mol. The van der Waals surface area contributed by atoms with Gasteiger partial charge in [-0.05, 0) is 17.2 Å². The standard InChI is InChI=1S/C13H10N2/c14-8-6-12-7-9-15-10-13(12)11-4-2-1-3-5-11/h1-5,7,9-10H,6H2. The zero-order valence-corrected chi connectivity index (χ0v) is 8.22. The molecule has 2 nitrogen and oxygen atoms in total. The van der Waals surface area contributed by atoms with Gasteiger partial charge in [0.25, 0.3) is 0 Å². The SMILES string of the molecule is N#CCc1ccncc1-c1ccccc1. The Morgan fingerprint density at radius 3 is 2.67 bits per heavy atom. The summed E-state index contributed by atoms with van der Waals surface area (Å²) in [6.45, 7) is 0. The maximum Gasteiger partial charge on any atom is 0.0669 e. The fraction of sp³-hybridized carbons (Fsp3) is 0.0769. The number of pyridine rings is 1. The van der Waals surface area contributed by atoms with E-state index in [1.165, 1.54) is 0 Å². The van der Waals surface area contributed by atoms with Crippen LogP contribution in [0.3, 0.4) is 0 Å².